The van der Waals surface area contributed by atoms with Crippen LogP contribution < -0.4 is 19.5 Å². The molecule has 0 aromatic heterocycles. The summed E-state index contributed by atoms with van der Waals surface area (Å²) < 4.78 is 16.4. The molecule has 1 amide bonds. The number of amidine groups is 1. The molecule has 4 rings (SSSR count). The molecule has 1 fully saturated rings. The highest BCUT2D eigenvalue weighted by Gasteiger charge is 2.24. The number of thioether (sulfide) groups is 1. The molecule has 33 heavy (non-hydrogen) atoms. The maximum atomic E-state index is 12.4. The van der Waals surface area contributed by atoms with E-state index in [1.807, 2.05) is 30.3 Å². The minimum atomic E-state index is -0.189. The van der Waals surface area contributed by atoms with Crippen molar-refractivity contribution in [1.82, 2.24) is 5.32 Å². The first-order valence-corrected chi connectivity index (χ1v) is 11.2. The predicted octanol–water partition coefficient (Wildman–Crippen LogP) is 5.48. The molecule has 7 heteroatoms. The molecule has 0 aliphatic carbocycles. The molecular formula is C26H24N2O4S. The van der Waals surface area contributed by atoms with Crippen LogP contribution in [0.3, 0.4) is 0 Å². The van der Waals surface area contributed by atoms with Crippen LogP contribution in [0.5, 0.6) is 17.2 Å². The van der Waals surface area contributed by atoms with Crippen molar-refractivity contribution in [3.05, 3.63) is 88.3 Å². The van der Waals surface area contributed by atoms with Crippen LogP contribution in [-0.2, 0) is 11.4 Å². The molecule has 1 saturated heterocycles. The molecule has 6 nitrogen and oxygen atoms in total. The van der Waals surface area contributed by atoms with E-state index in [1.165, 1.54) is 17.3 Å². The van der Waals surface area contributed by atoms with Crippen molar-refractivity contribution in [2.24, 2.45) is 4.99 Å². The molecule has 1 N–H and O–H groups in total. The summed E-state index contributed by atoms with van der Waals surface area (Å²) in [6, 6.07) is 21.2. The lowest BCUT2D eigenvalue weighted by Crippen LogP contribution is -2.19. The summed E-state index contributed by atoms with van der Waals surface area (Å²) in [5.41, 5.74) is 3.85. The maximum absolute atomic E-state index is 12.4. The summed E-state index contributed by atoms with van der Waals surface area (Å²) in [5.74, 6) is 1.82. The number of ether oxygens (including phenoxy) is 3. The van der Waals surface area contributed by atoms with Gasteiger partial charge in [-0.1, -0.05) is 42.0 Å². The number of hydrogen-bond donors (Lipinski definition) is 1. The molecule has 1 heterocycles. The molecule has 1 aliphatic rings. The Morgan fingerprint density at radius 2 is 1.67 bits per heavy atom. The van der Waals surface area contributed by atoms with Crippen LogP contribution in [0.15, 0.2) is 76.6 Å². The van der Waals surface area contributed by atoms with Gasteiger partial charge in [0.2, 0.25) is 0 Å². The van der Waals surface area contributed by atoms with Gasteiger partial charge in [0.15, 0.2) is 5.17 Å². The van der Waals surface area contributed by atoms with E-state index in [0.29, 0.717) is 33.9 Å². The molecule has 0 atom stereocenters. The van der Waals surface area contributed by atoms with Gasteiger partial charge < -0.3 is 19.5 Å². The minimum absolute atomic E-state index is 0.189. The van der Waals surface area contributed by atoms with E-state index in [-0.39, 0.29) is 5.91 Å². The number of benzene rings is 3. The molecule has 168 valence electrons. The zero-order valence-corrected chi connectivity index (χ0v) is 19.4. The quantitative estimate of drug-likeness (QED) is 0.473. The second kappa shape index (κ2) is 10.3. The Bertz CT molecular complexity index is 1200. The van der Waals surface area contributed by atoms with E-state index in [2.05, 4.69) is 41.5 Å². The van der Waals surface area contributed by atoms with Gasteiger partial charge in [0.25, 0.3) is 5.91 Å². The number of amides is 1. The van der Waals surface area contributed by atoms with Crippen LogP contribution in [-0.4, -0.2) is 25.3 Å². The second-order valence-electron chi connectivity index (χ2n) is 7.36. The molecule has 3 aromatic rings. The summed E-state index contributed by atoms with van der Waals surface area (Å²) in [4.78, 5) is 17.5. The van der Waals surface area contributed by atoms with Crippen molar-refractivity contribution >= 4 is 34.6 Å². The van der Waals surface area contributed by atoms with Gasteiger partial charge >= 0.3 is 0 Å². The van der Waals surface area contributed by atoms with E-state index >= 15 is 0 Å². The highest BCUT2D eigenvalue weighted by molar-refractivity contribution is 8.18. The first-order valence-electron chi connectivity index (χ1n) is 10.3. The first kappa shape index (κ1) is 22.5. The molecule has 0 spiro atoms. The highest BCUT2D eigenvalue weighted by Crippen LogP contribution is 2.34. The monoisotopic (exact) mass is 460 g/mol. The SMILES string of the molecule is COc1ccc(N=C2NC(=O)/C(=C/c3ccc(OCc4ccc(C)cc4)cc3)S2)c(OC)c1. The Labute approximate surface area is 197 Å². The van der Waals surface area contributed by atoms with Gasteiger partial charge in [-0.2, -0.15) is 0 Å². The van der Waals surface area contributed by atoms with Crippen LogP contribution in [0.25, 0.3) is 6.08 Å². The Morgan fingerprint density at radius 3 is 2.36 bits per heavy atom. The van der Waals surface area contributed by atoms with Crippen molar-refractivity contribution in [1.29, 1.82) is 0 Å². The fourth-order valence-corrected chi connectivity index (χ4v) is 3.96. The third kappa shape index (κ3) is 5.75. The molecule has 0 unspecified atom stereocenters. The summed E-state index contributed by atoms with van der Waals surface area (Å²) >= 11 is 1.28. The van der Waals surface area contributed by atoms with Gasteiger partial charge in [0, 0.05) is 6.07 Å². The van der Waals surface area contributed by atoms with Crippen molar-refractivity contribution in [2.45, 2.75) is 13.5 Å². The van der Waals surface area contributed by atoms with E-state index < -0.39 is 0 Å². The number of nitrogens with zero attached hydrogens (tertiary/aromatic N) is 1. The lowest BCUT2D eigenvalue weighted by Gasteiger charge is -2.07. The minimum Gasteiger partial charge on any atom is -0.497 e. The summed E-state index contributed by atoms with van der Waals surface area (Å²) in [6.07, 6.45) is 1.83. The van der Waals surface area contributed by atoms with Crippen molar-refractivity contribution in [3.8, 4) is 17.2 Å². The second-order valence-corrected chi connectivity index (χ2v) is 8.39. The van der Waals surface area contributed by atoms with Crippen LogP contribution in [0, 0.1) is 6.92 Å². The summed E-state index contributed by atoms with van der Waals surface area (Å²) in [7, 11) is 3.16. The summed E-state index contributed by atoms with van der Waals surface area (Å²) in [5, 5.41) is 3.29. The van der Waals surface area contributed by atoms with Crippen LogP contribution in [0.1, 0.15) is 16.7 Å². The predicted molar refractivity (Wildman–Crippen MR) is 132 cm³/mol. The smallest absolute Gasteiger partial charge is 0.264 e. The number of aliphatic imine (C=N–C) groups is 1. The number of carbonyl (C=O) groups is 1. The molecular weight excluding hydrogens is 436 g/mol. The van der Waals surface area contributed by atoms with E-state index in [1.54, 1.807) is 32.4 Å². The highest BCUT2D eigenvalue weighted by atomic mass is 32.2. The molecule has 0 radical (unpaired) electrons. The fourth-order valence-electron chi connectivity index (χ4n) is 3.13. The third-order valence-electron chi connectivity index (χ3n) is 4.96. The number of aryl methyl sites for hydroxylation is 1. The van der Waals surface area contributed by atoms with Gasteiger partial charge in [0.1, 0.15) is 29.5 Å². The third-order valence-corrected chi connectivity index (χ3v) is 5.87. The number of carbonyl (C=O) groups excluding carboxylic acids is 1. The number of nitrogens with one attached hydrogen (secondary N) is 1. The summed E-state index contributed by atoms with van der Waals surface area (Å²) in [6.45, 7) is 2.57. The van der Waals surface area contributed by atoms with Gasteiger partial charge in [-0.3, -0.25) is 4.79 Å². The average Bonchev–Trinajstić information content (AvgIpc) is 3.18. The van der Waals surface area contributed by atoms with E-state index in [4.69, 9.17) is 14.2 Å². The van der Waals surface area contributed by atoms with Crippen molar-refractivity contribution in [3.63, 3.8) is 0 Å². The van der Waals surface area contributed by atoms with E-state index in [9.17, 15) is 4.79 Å². The maximum Gasteiger partial charge on any atom is 0.264 e. The molecule has 3 aromatic carbocycles. The average molecular weight is 461 g/mol. The van der Waals surface area contributed by atoms with Crippen LogP contribution >= 0.6 is 11.8 Å². The molecule has 1 aliphatic heterocycles. The molecule has 0 saturated carbocycles. The Hall–Kier alpha value is -3.71. The first-order chi connectivity index (χ1) is 16.0. The van der Waals surface area contributed by atoms with Gasteiger partial charge in [0.05, 0.1) is 19.1 Å². The van der Waals surface area contributed by atoms with Gasteiger partial charge in [-0.25, -0.2) is 4.99 Å². The van der Waals surface area contributed by atoms with Gasteiger partial charge in [-0.05, 0) is 60.2 Å². The van der Waals surface area contributed by atoms with Crippen LogP contribution in [0.4, 0.5) is 5.69 Å². The fraction of sp³-hybridized carbons (Fsp3) is 0.154. The zero-order valence-electron chi connectivity index (χ0n) is 18.6. The van der Waals surface area contributed by atoms with Crippen LogP contribution in [0.2, 0.25) is 0 Å². The number of rotatable bonds is 7. The lowest BCUT2D eigenvalue weighted by molar-refractivity contribution is -0.115. The van der Waals surface area contributed by atoms with Gasteiger partial charge in [-0.15, -0.1) is 0 Å². The van der Waals surface area contributed by atoms with Crippen molar-refractivity contribution in [2.75, 3.05) is 14.2 Å². The Morgan fingerprint density at radius 1 is 0.939 bits per heavy atom. The van der Waals surface area contributed by atoms with E-state index in [0.717, 1.165) is 16.9 Å². The van der Waals surface area contributed by atoms with Crippen molar-refractivity contribution < 1.29 is 19.0 Å². The number of hydrogen-bond acceptors (Lipinski definition) is 6. The zero-order chi connectivity index (χ0) is 23.2. The normalized spacial score (nSPS) is 15.5. The standard InChI is InChI=1S/C26H24N2O4S/c1-17-4-6-19(7-5-17)16-32-20-10-8-18(9-11-20)14-24-25(29)28-26(33-24)27-22-13-12-21(30-2)15-23(22)31-3/h4-15H,16H2,1-3H3,(H,27,28,29)/b24-14-. The lowest BCUT2D eigenvalue weighted by atomic mass is 10.1. The largest absolute Gasteiger partial charge is 0.497 e. The Kier molecular flexibility index (Phi) is 7.00. The topological polar surface area (TPSA) is 69.2 Å². The molecule has 0 bridgehead atoms. The number of methoxy groups -OCH3 is 2. The Balaban J connectivity index is 1.42.